The lowest BCUT2D eigenvalue weighted by atomic mass is 10.7. The summed E-state index contributed by atoms with van der Waals surface area (Å²) < 4.78 is 0. The minimum atomic E-state index is 0.499. The Morgan fingerprint density at radius 2 is 1.10 bits per heavy atom. The molecule has 0 spiro atoms. The molecule has 0 unspecified atom stereocenters. The average Bonchev–Trinajstić information content (AvgIpc) is 1.79. The van der Waals surface area contributed by atoms with Crippen LogP contribution in [-0.4, -0.2) is 36.5 Å². The number of hydrogen-bond acceptors (Lipinski definition) is 0. The minimum absolute atomic E-state index is 0.499. The minimum Gasteiger partial charge on any atom is -0.0444 e. The van der Waals surface area contributed by atoms with Crippen molar-refractivity contribution in [1.82, 2.24) is 0 Å². The van der Waals surface area contributed by atoms with E-state index < -0.39 is 0 Å². The van der Waals surface area contributed by atoms with Gasteiger partial charge in [-0.3, -0.25) is 0 Å². The summed E-state index contributed by atoms with van der Waals surface area (Å²) in [5.74, 6) is 8.53. The maximum atomic E-state index is 3.19. The molecule has 58 valence electrons. The molecule has 0 N–H and O–H groups in total. The van der Waals surface area contributed by atoms with E-state index in [4.69, 9.17) is 0 Å². The lowest BCUT2D eigenvalue weighted by Crippen LogP contribution is -2.01. The summed E-state index contributed by atoms with van der Waals surface area (Å²) in [5, 5.41) is 0. The summed E-state index contributed by atoms with van der Waals surface area (Å²) in [7, 11) is 0.998. The van der Waals surface area contributed by atoms with Crippen LogP contribution in [0.1, 0.15) is 0 Å². The van der Waals surface area contributed by atoms with Gasteiger partial charge in [-0.2, -0.15) is 0 Å². The van der Waals surface area contributed by atoms with E-state index in [1.54, 1.807) is 0 Å². The molecule has 0 aliphatic heterocycles. The third-order valence-electron chi connectivity index (χ3n) is 0.847. The van der Waals surface area contributed by atoms with Gasteiger partial charge in [0.05, 0.1) is 25.0 Å². The molecule has 0 atom stereocenters. The largest absolute Gasteiger partial charge is 0.167 e. The van der Waals surface area contributed by atoms with Gasteiger partial charge >= 0.3 is 0 Å². The Bertz CT molecular complexity index is 114. The van der Waals surface area contributed by atoms with E-state index in [1.807, 2.05) is 0 Å². The van der Waals surface area contributed by atoms with Gasteiger partial charge in [0.15, 0.2) is 11.5 Å². The fourth-order valence-corrected chi connectivity index (χ4v) is 1.17. The summed E-state index contributed by atoms with van der Waals surface area (Å²) >= 11 is 0. The first kappa shape index (κ1) is 10.3. The van der Waals surface area contributed by atoms with Crippen LogP contribution in [0.15, 0.2) is 0 Å². The van der Waals surface area contributed by atoms with Crippen LogP contribution in [0.25, 0.3) is 0 Å². The predicted octanol–water partition coefficient (Wildman–Crippen LogP) is 0.746. The Morgan fingerprint density at radius 1 is 0.800 bits per heavy atom. The van der Waals surface area contributed by atoms with Crippen LogP contribution in [0.2, 0.25) is 0 Å². The van der Waals surface area contributed by atoms with Crippen LogP contribution in [0.4, 0.5) is 0 Å². The van der Waals surface area contributed by atoms with E-state index in [-0.39, 0.29) is 0 Å². The second kappa shape index (κ2) is 6.00. The predicted molar refractivity (Wildman–Crippen MR) is 55.9 cm³/mol. The Hall–Kier alpha value is 0.260. The molecule has 0 heterocycles. The molecule has 0 aliphatic carbocycles. The van der Waals surface area contributed by atoms with Crippen LogP contribution in [0.3, 0.4) is 0 Å². The van der Waals surface area contributed by atoms with E-state index >= 15 is 0 Å². The van der Waals surface area contributed by atoms with E-state index in [9.17, 15) is 0 Å². The van der Waals surface area contributed by atoms with Crippen molar-refractivity contribution in [3.8, 4) is 11.8 Å². The second-order valence-corrected chi connectivity index (χ2v) is 7.13. The molecule has 0 aromatic heterocycles. The van der Waals surface area contributed by atoms with Gasteiger partial charge in [0.2, 0.25) is 0 Å². The summed E-state index contributed by atoms with van der Waals surface area (Å²) in [6, 6.07) is 0. The summed E-state index contributed by atoms with van der Waals surface area (Å²) in [5.41, 5.74) is 0. The van der Waals surface area contributed by atoms with Gasteiger partial charge in [0.1, 0.15) is 0 Å². The third kappa shape index (κ3) is 8.26. The van der Waals surface area contributed by atoms with Crippen molar-refractivity contribution in [2.24, 2.45) is 0 Å². The van der Waals surface area contributed by atoms with Crippen LogP contribution in [0.5, 0.6) is 0 Å². The Labute approximate surface area is 70.5 Å². The molecule has 0 amide bonds. The molecule has 0 aliphatic rings. The second-order valence-electron chi connectivity index (χ2n) is 2.61. The highest BCUT2D eigenvalue weighted by atomic mass is 32.2. The molecule has 0 saturated carbocycles. The van der Waals surface area contributed by atoms with E-state index in [2.05, 4.69) is 36.9 Å². The van der Waals surface area contributed by atoms with E-state index in [1.165, 1.54) is 0 Å². The first-order valence-electron chi connectivity index (χ1n) is 3.17. The van der Waals surface area contributed by atoms with Crippen LogP contribution >= 0.6 is 0 Å². The third-order valence-corrected chi connectivity index (χ3v) is 2.29. The van der Waals surface area contributed by atoms with Gasteiger partial charge in [0.25, 0.3) is 0 Å². The number of rotatable bonds is 2. The molecule has 10 heavy (non-hydrogen) atoms. The molecule has 0 bridgehead atoms. The fourth-order valence-electron chi connectivity index (χ4n) is 0.391. The zero-order valence-corrected chi connectivity index (χ0v) is 8.86. The van der Waals surface area contributed by atoms with Gasteiger partial charge in [-0.25, -0.2) is 0 Å². The molecule has 0 aromatic rings. The molecule has 0 radical (unpaired) electrons. The number of hydrogen-bond donors (Lipinski definition) is 0. The summed E-state index contributed by atoms with van der Waals surface area (Å²) in [6.07, 6.45) is 8.91. The molecule has 0 rings (SSSR count). The van der Waals surface area contributed by atoms with Gasteiger partial charge < -0.3 is 0 Å². The van der Waals surface area contributed by atoms with Crippen molar-refractivity contribution < 1.29 is 0 Å². The van der Waals surface area contributed by atoms with Crippen molar-refractivity contribution >= 4 is 21.8 Å². The molecular weight excluding hydrogens is 160 g/mol. The highest BCUT2D eigenvalue weighted by Crippen LogP contribution is 1.82. The quantitative estimate of drug-likeness (QED) is 0.430. The van der Waals surface area contributed by atoms with Gasteiger partial charge in [-0.15, -0.1) is 0 Å². The Morgan fingerprint density at radius 3 is 1.30 bits per heavy atom. The smallest absolute Gasteiger partial charge is 0.0444 e. The SMILES string of the molecule is C[S+](C)CC#CC[S+](C)C. The van der Waals surface area contributed by atoms with E-state index in [0.29, 0.717) is 21.8 Å². The van der Waals surface area contributed by atoms with E-state index in [0.717, 1.165) is 11.5 Å². The lowest BCUT2D eigenvalue weighted by molar-refractivity contribution is 1.80. The normalized spacial score (nSPS) is 9.80. The lowest BCUT2D eigenvalue weighted by Gasteiger charge is -1.85. The van der Waals surface area contributed by atoms with Crippen molar-refractivity contribution in [3.05, 3.63) is 0 Å². The molecular formula is C8H16S2+2. The standard InChI is InChI=1S/C8H16S2/c1-9(2)7-5-6-8-10(3)4/h7-8H2,1-4H3/q+2. The Kier molecular flexibility index (Phi) is 6.16. The highest BCUT2D eigenvalue weighted by Gasteiger charge is 1.97. The maximum absolute atomic E-state index is 3.19. The molecule has 0 aromatic carbocycles. The highest BCUT2D eigenvalue weighted by molar-refractivity contribution is 7.96. The zero-order chi connectivity index (χ0) is 7.98. The maximum Gasteiger partial charge on any atom is 0.167 e. The van der Waals surface area contributed by atoms with Crippen molar-refractivity contribution in [3.63, 3.8) is 0 Å². The van der Waals surface area contributed by atoms with Gasteiger partial charge in [-0.1, -0.05) is 0 Å². The molecule has 0 nitrogen and oxygen atoms in total. The van der Waals surface area contributed by atoms with Crippen LogP contribution in [-0.2, 0) is 21.8 Å². The van der Waals surface area contributed by atoms with Crippen LogP contribution in [0, 0.1) is 11.8 Å². The monoisotopic (exact) mass is 176 g/mol. The zero-order valence-electron chi connectivity index (χ0n) is 7.23. The Balaban J connectivity index is 3.32. The fraction of sp³-hybridized carbons (Fsp3) is 0.750. The van der Waals surface area contributed by atoms with Crippen LogP contribution < -0.4 is 0 Å². The molecule has 2 heteroatoms. The topological polar surface area (TPSA) is 0 Å². The molecule has 0 saturated heterocycles. The molecule has 0 fully saturated rings. The van der Waals surface area contributed by atoms with Crippen molar-refractivity contribution in [1.29, 1.82) is 0 Å². The average molecular weight is 176 g/mol. The first-order chi connectivity index (χ1) is 4.63. The van der Waals surface area contributed by atoms with Crippen molar-refractivity contribution in [2.45, 2.75) is 0 Å². The summed E-state index contributed by atoms with van der Waals surface area (Å²) in [4.78, 5) is 0. The van der Waals surface area contributed by atoms with Crippen molar-refractivity contribution in [2.75, 3.05) is 36.5 Å². The van der Waals surface area contributed by atoms with Gasteiger partial charge in [-0.05, 0) is 33.6 Å². The summed E-state index contributed by atoms with van der Waals surface area (Å²) in [6.45, 7) is 0. The van der Waals surface area contributed by atoms with Gasteiger partial charge in [0, 0.05) is 0 Å². The first-order valence-corrected chi connectivity index (χ1v) is 7.59.